The summed E-state index contributed by atoms with van der Waals surface area (Å²) in [5.41, 5.74) is 0.827. The van der Waals surface area contributed by atoms with Gasteiger partial charge in [-0.1, -0.05) is 53.0 Å². The highest BCUT2D eigenvalue weighted by Gasteiger charge is 2.24. The highest BCUT2D eigenvalue weighted by Crippen LogP contribution is 2.35. The van der Waals surface area contributed by atoms with Crippen LogP contribution in [0.4, 0.5) is 5.69 Å². The average Bonchev–Trinajstić information content (AvgIpc) is 2.60. The first-order valence-electron chi connectivity index (χ1n) is 7.64. The third kappa shape index (κ3) is 5.65. The molecule has 0 radical (unpaired) electrons. The predicted molar refractivity (Wildman–Crippen MR) is 109 cm³/mol. The molecule has 0 atom stereocenters. The molecule has 1 N–H and O–H groups in total. The van der Waals surface area contributed by atoms with E-state index in [1.807, 2.05) is 12.1 Å². The quantitative estimate of drug-likeness (QED) is 0.651. The van der Waals surface area contributed by atoms with Gasteiger partial charge in [0.05, 0.1) is 34.1 Å². The van der Waals surface area contributed by atoms with Gasteiger partial charge in [-0.15, -0.1) is 0 Å². The summed E-state index contributed by atoms with van der Waals surface area (Å²) in [7, 11) is -2.27. The Balaban J connectivity index is 2.20. The van der Waals surface area contributed by atoms with Crippen LogP contribution in [-0.4, -0.2) is 34.2 Å². The molecule has 10 heteroatoms. The van der Waals surface area contributed by atoms with Gasteiger partial charge in [-0.25, -0.2) is 8.42 Å². The standard InChI is InChI=1S/C17H17Cl3N2O4S/c1-26-16-6-4-3-5-11(16)9-21-17(23)10-22(27(2,24)25)15-8-13(19)12(18)7-14(15)20/h3-8H,9-10H2,1-2H3,(H,21,23). The Kier molecular flexibility index (Phi) is 7.22. The highest BCUT2D eigenvalue weighted by molar-refractivity contribution is 7.92. The third-order valence-electron chi connectivity index (χ3n) is 3.61. The zero-order valence-corrected chi connectivity index (χ0v) is 17.6. The van der Waals surface area contributed by atoms with Crippen molar-refractivity contribution in [2.75, 3.05) is 24.2 Å². The summed E-state index contributed by atoms with van der Waals surface area (Å²) >= 11 is 17.9. The Hall–Kier alpha value is -1.67. The van der Waals surface area contributed by atoms with Crippen LogP contribution in [0.2, 0.25) is 15.1 Å². The maximum atomic E-state index is 12.3. The van der Waals surface area contributed by atoms with Crippen LogP contribution in [0, 0.1) is 0 Å². The highest BCUT2D eigenvalue weighted by atomic mass is 35.5. The van der Waals surface area contributed by atoms with Gasteiger partial charge in [0.25, 0.3) is 0 Å². The number of anilines is 1. The minimum absolute atomic E-state index is 0.0624. The van der Waals surface area contributed by atoms with Crippen molar-refractivity contribution in [2.24, 2.45) is 0 Å². The summed E-state index contributed by atoms with van der Waals surface area (Å²) in [6.45, 7) is -0.290. The summed E-state index contributed by atoms with van der Waals surface area (Å²) in [5, 5.41) is 3.03. The van der Waals surface area contributed by atoms with Crippen molar-refractivity contribution in [3.63, 3.8) is 0 Å². The average molecular weight is 452 g/mol. The van der Waals surface area contributed by atoms with Crippen LogP contribution in [-0.2, 0) is 21.4 Å². The maximum absolute atomic E-state index is 12.3. The van der Waals surface area contributed by atoms with E-state index in [9.17, 15) is 13.2 Å². The van der Waals surface area contributed by atoms with Crippen LogP contribution in [0.1, 0.15) is 5.56 Å². The molecule has 0 fully saturated rings. The van der Waals surface area contributed by atoms with Gasteiger partial charge < -0.3 is 10.1 Å². The molecular formula is C17H17Cl3N2O4S. The number of hydrogen-bond donors (Lipinski definition) is 1. The van der Waals surface area contributed by atoms with E-state index in [4.69, 9.17) is 39.5 Å². The zero-order valence-electron chi connectivity index (χ0n) is 14.5. The first-order chi connectivity index (χ1) is 12.6. The second-order valence-corrected chi connectivity index (χ2v) is 8.70. The molecule has 0 aliphatic rings. The van der Waals surface area contributed by atoms with E-state index in [0.29, 0.717) is 5.75 Å². The summed E-state index contributed by atoms with van der Waals surface area (Å²) in [5.74, 6) is 0.0961. The van der Waals surface area contributed by atoms with E-state index >= 15 is 0 Å². The van der Waals surface area contributed by atoms with E-state index < -0.39 is 22.5 Å². The fraction of sp³-hybridized carbons (Fsp3) is 0.235. The Morgan fingerprint density at radius 3 is 2.37 bits per heavy atom. The number of hydrogen-bond acceptors (Lipinski definition) is 4. The number of nitrogens with zero attached hydrogens (tertiary/aromatic N) is 1. The molecule has 27 heavy (non-hydrogen) atoms. The molecule has 0 unspecified atom stereocenters. The monoisotopic (exact) mass is 450 g/mol. The molecule has 0 aliphatic carbocycles. The lowest BCUT2D eigenvalue weighted by Crippen LogP contribution is -2.40. The first-order valence-corrected chi connectivity index (χ1v) is 10.6. The predicted octanol–water partition coefficient (Wildman–Crippen LogP) is 3.74. The third-order valence-corrected chi connectivity index (χ3v) is 5.77. The largest absolute Gasteiger partial charge is 0.496 e. The van der Waals surface area contributed by atoms with Crippen molar-refractivity contribution in [3.8, 4) is 5.75 Å². The SMILES string of the molecule is COc1ccccc1CNC(=O)CN(c1cc(Cl)c(Cl)cc1Cl)S(C)(=O)=O. The lowest BCUT2D eigenvalue weighted by atomic mass is 10.2. The van der Waals surface area contributed by atoms with Gasteiger partial charge in [0.15, 0.2) is 0 Å². The van der Waals surface area contributed by atoms with Crippen molar-refractivity contribution in [2.45, 2.75) is 6.54 Å². The first kappa shape index (κ1) is 21.6. The second-order valence-electron chi connectivity index (χ2n) is 5.58. The van der Waals surface area contributed by atoms with Crippen molar-refractivity contribution in [3.05, 3.63) is 57.0 Å². The summed E-state index contributed by atoms with van der Waals surface area (Å²) in [6, 6.07) is 9.81. The van der Waals surface area contributed by atoms with Gasteiger partial charge in [0.2, 0.25) is 15.9 Å². The molecular weight excluding hydrogens is 435 g/mol. The molecule has 6 nitrogen and oxygen atoms in total. The summed E-state index contributed by atoms with van der Waals surface area (Å²) in [6.07, 6.45) is 0.972. The molecule has 0 saturated carbocycles. The number of halogens is 3. The molecule has 0 heterocycles. The van der Waals surface area contributed by atoms with Crippen LogP contribution in [0.5, 0.6) is 5.75 Å². The summed E-state index contributed by atoms with van der Waals surface area (Å²) in [4.78, 5) is 12.3. The number of carbonyl (C=O) groups excluding carboxylic acids is 1. The van der Waals surface area contributed by atoms with Crippen molar-refractivity contribution in [1.29, 1.82) is 0 Å². The molecule has 146 valence electrons. The van der Waals surface area contributed by atoms with Gasteiger partial charge in [0.1, 0.15) is 12.3 Å². The molecule has 2 rings (SSSR count). The van der Waals surface area contributed by atoms with E-state index in [0.717, 1.165) is 16.1 Å². The molecule has 1 amide bonds. The smallest absolute Gasteiger partial charge is 0.241 e. The van der Waals surface area contributed by atoms with E-state index in [1.165, 1.54) is 19.2 Å². The van der Waals surface area contributed by atoms with Crippen LogP contribution in [0.15, 0.2) is 36.4 Å². The van der Waals surface area contributed by atoms with Crippen LogP contribution in [0.3, 0.4) is 0 Å². The van der Waals surface area contributed by atoms with E-state index in [1.54, 1.807) is 12.1 Å². The normalized spacial score (nSPS) is 11.1. The molecule has 0 saturated heterocycles. The van der Waals surface area contributed by atoms with Crippen LogP contribution >= 0.6 is 34.8 Å². The lowest BCUT2D eigenvalue weighted by molar-refractivity contribution is -0.119. The molecule has 0 aliphatic heterocycles. The molecule has 0 spiro atoms. The number of carbonyl (C=O) groups is 1. The van der Waals surface area contributed by atoms with Gasteiger partial charge in [-0.3, -0.25) is 9.10 Å². The zero-order chi connectivity index (χ0) is 20.2. The lowest BCUT2D eigenvalue weighted by Gasteiger charge is -2.23. The Morgan fingerprint density at radius 1 is 1.11 bits per heavy atom. The molecule has 0 aromatic heterocycles. The van der Waals surface area contributed by atoms with Gasteiger partial charge >= 0.3 is 0 Å². The van der Waals surface area contributed by atoms with Crippen molar-refractivity contribution >= 4 is 56.4 Å². The molecule has 0 bridgehead atoms. The number of rotatable bonds is 7. The topological polar surface area (TPSA) is 75.7 Å². The number of para-hydroxylation sites is 1. The Morgan fingerprint density at radius 2 is 1.74 bits per heavy atom. The van der Waals surface area contributed by atoms with Crippen molar-refractivity contribution in [1.82, 2.24) is 5.32 Å². The minimum Gasteiger partial charge on any atom is -0.496 e. The Bertz CT molecular complexity index is 951. The Labute approximate surface area is 173 Å². The fourth-order valence-electron chi connectivity index (χ4n) is 2.31. The van der Waals surface area contributed by atoms with E-state index in [2.05, 4.69) is 5.32 Å². The van der Waals surface area contributed by atoms with Gasteiger partial charge in [-0.05, 0) is 18.2 Å². The molecule has 2 aromatic rings. The maximum Gasteiger partial charge on any atom is 0.241 e. The van der Waals surface area contributed by atoms with E-state index in [-0.39, 0.29) is 27.3 Å². The fourth-order valence-corrected chi connectivity index (χ4v) is 3.87. The van der Waals surface area contributed by atoms with Gasteiger partial charge in [0, 0.05) is 12.1 Å². The second kappa shape index (κ2) is 9.01. The van der Waals surface area contributed by atoms with Crippen LogP contribution < -0.4 is 14.4 Å². The van der Waals surface area contributed by atoms with Gasteiger partial charge in [-0.2, -0.15) is 0 Å². The van der Waals surface area contributed by atoms with Crippen LogP contribution in [0.25, 0.3) is 0 Å². The number of sulfonamides is 1. The number of methoxy groups -OCH3 is 1. The minimum atomic E-state index is -3.80. The number of nitrogens with one attached hydrogen (secondary N) is 1. The number of amides is 1. The number of ether oxygens (including phenoxy) is 1. The molecule has 2 aromatic carbocycles. The summed E-state index contributed by atoms with van der Waals surface area (Å²) < 4.78 is 30.5. The van der Waals surface area contributed by atoms with Crippen molar-refractivity contribution < 1.29 is 17.9 Å². The number of benzene rings is 2.